The van der Waals surface area contributed by atoms with Crippen LogP contribution in [0.15, 0.2) is 164 Å². The molecule has 11 aromatic rings. The quantitative estimate of drug-likeness (QED) is 0.185. The normalized spacial score (nSPS) is 11.9. The van der Waals surface area contributed by atoms with Crippen molar-refractivity contribution in [3.05, 3.63) is 164 Å². The van der Waals surface area contributed by atoms with Crippen LogP contribution in [0.3, 0.4) is 0 Å². The molecule has 0 N–H and O–H groups in total. The zero-order valence-corrected chi connectivity index (χ0v) is 28.9. The van der Waals surface area contributed by atoms with Crippen LogP contribution in [-0.4, -0.2) is 14.5 Å². The Morgan fingerprint density at radius 1 is 0.333 bits per heavy atom. The predicted octanol–water partition coefficient (Wildman–Crippen LogP) is 13.3. The summed E-state index contributed by atoms with van der Waals surface area (Å²) in [5.74, 6) is 0.663. The molecule has 4 heterocycles. The van der Waals surface area contributed by atoms with Gasteiger partial charge in [0.2, 0.25) is 5.95 Å². The van der Waals surface area contributed by atoms with Gasteiger partial charge in [0.25, 0.3) is 0 Å². The molecule has 0 aliphatic rings. The third kappa shape index (κ3) is 4.56. The maximum Gasteiger partial charge on any atom is 0.235 e. The van der Waals surface area contributed by atoms with E-state index in [1.807, 2.05) is 22.7 Å². The largest absolute Gasteiger partial charge is 0.278 e. The van der Waals surface area contributed by atoms with Gasteiger partial charge in [-0.05, 0) is 53.6 Å². The molecule has 238 valence electrons. The molecular weight excluding hydrogens is 659 g/mol. The van der Waals surface area contributed by atoms with Crippen molar-refractivity contribution < 1.29 is 0 Å². The second-order valence-corrected chi connectivity index (χ2v) is 15.2. The number of hydrogen-bond donors (Lipinski definition) is 0. The fourth-order valence-electron chi connectivity index (χ4n) is 7.58. The lowest BCUT2D eigenvalue weighted by Crippen LogP contribution is -2.04. The number of hydrogen-bond acceptors (Lipinski definition) is 4. The summed E-state index contributed by atoms with van der Waals surface area (Å²) in [6.45, 7) is 0. The minimum absolute atomic E-state index is 0.663. The first-order valence-corrected chi connectivity index (χ1v) is 18.7. The summed E-state index contributed by atoms with van der Waals surface area (Å²) in [4.78, 5) is 10.7. The lowest BCUT2D eigenvalue weighted by molar-refractivity contribution is 0.996. The molecule has 4 aromatic heterocycles. The minimum Gasteiger partial charge on any atom is -0.278 e. The van der Waals surface area contributed by atoms with E-state index < -0.39 is 0 Å². The number of benzene rings is 7. The standard InChI is InChI=1S/C46H27N3S2/c1-2-10-28(11-3-1)29-18-20-30(21-19-29)38-27-39(31-22-23-35-33-13-5-8-16-42(33)50-44(35)24-31)48-46(47-38)49-40-15-7-4-12-32(40)36-26-45-37(25-41(36)49)34-14-6-9-17-43(34)51-45/h1-27H. The highest BCUT2D eigenvalue weighted by Gasteiger charge is 2.19. The predicted molar refractivity (Wildman–Crippen MR) is 218 cm³/mol. The smallest absolute Gasteiger partial charge is 0.235 e. The Labute approximate surface area is 301 Å². The van der Waals surface area contributed by atoms with Gasteiger partial charge in [-0.2, -0.15) is 0 Å². The minimum atomic E-state index is 0.663. The number of para-hydroxylation sites is 1. The van der Waals surface area contributed by atoms with Gasteiger partial charge < -0.3 is 0 Å². The molecular formula is C46H27N3S2. The van der Waals surface area contributed by atoms with E-state index >= 15 is 0 Å². The second-order valence-electron chi connectivity index (χ2n) is 13.0. The zero-order chi connectivity index (χ0) is 33.5. The van der Waals surface area contributed by atoms with Crippen molar-refractivity contribution in [1.82, 2.24) is 14.5 Å². The molecule has 0 fully saturated rings. The molecule has 0 aliphatic heterocycles. The highest BCUT2D eigenvalue weighted by molar-refractivity contribution is 7.26. The molecule has 7 aromatic carbocycles. The van der Waals surface area contributed by atoms with Crippen molar-refractivity contribution in [3.8, 4) is 39.6 Å². The number of fused-ring (bicyclic) bond motifs is 9. The van der Waals surface area contributed by atoms with Crippen LogP contribution in [0.4, 0.5) is 0 Å². The maximum absolute atomic E-state index is 5.39. The van der Waals surface area contributed by atoms with Gasteiger partial charge in [0.05, 0.1) is 22.4 Å². The van der Waals surface area contributed by atoms with Crippen molar-refractivity contribution in [2.24, 2.45) is 0 Å². The average molecular weight is 686 g/mol. The Morgan fingerprint density at radius 2 is 0.882 bits per heavy atom. The van der Waals surface area contributed by atoms with Gasteiger partial charge in [-0.25, -0.2) is 9.97 Å². The van der Waals surface area contributed by atoms with E-state index in [2.05, 4.69) is 168 Å². The third-order valence-electron chi connectivity index (χ3n) is 10.0. The third-order valence-corrected chi connectivity index (χ3v) is 12.3. The highest BCUT2D eigenvalue weighted by atomic mass is 32.1. The molecule has 51 heavy (non-hydrogen) atoms. The Balaban J connectivity index is 1.17. The zero-order valence-electron chi connectivity index (χ0n) is 27.2. The number of thiophene rings is 2. The van der Waals surface area contributed by atoms with Gasteiger partial charge in [0, 0.05) is 62.2 Å². The van der Waals surface area contributed by atoms with E-state index in [0.717, 1.165) is 33.5 Å². The molecule has 0 radical (unpaired) electrons. The highest BCUT2D eigenvalue weighted by Crippen LogP contribution is 2.41. The maximum atomic E-state index is 5.39. The Bertz CT molecular complexity index is 3130. The Morgan fingerprint density at radius 3 is 1.65 bits per heavy atom. The molecule has 0 saturated carbocycles. The van der Waals surface area contributed by atoms with Crippen LogP contribution in [-0.2, 0) is 0 Å². The van der Waals surface area contributed by atoms with Gasteiger partial charge in [0.15, 0.2) is 0 Å². The Kier molecular flexibility index (Phi) is 6.29. The molecule has 0 aliphatic carbocycles. The summed E-state index contributed by atoms with van der Waals surface area (Å²) in [5, 5.41) is 7.52. The van der Waals surface area contributed by atoms with Crippen molar-refractivity contribution >= 4 is 84.8 Å². The van der Waals surface area contributed by atoms with Crippen LogP contribution >= 0.6 is 22.7 Å². The molecule has 5 heteroatoms. The van der Waals surface area contributed by atoms with Crippen molar-refractivity contribution in [2.75, 3.05) is 0 Å². The molecule has 3 nitrogen and oxygen atoms in total. The van der Waals surface area contributed by atoms with E-state index in [9.17, 15) is 0 Å². The average Bonchev–Trinajstić information content (AvgIpc) is 3.86. The van der Waals surface area contributed by atoms with E-state index in [0.29, 0.717) is 5.95 Å². The second kappa shape index (κ2) is 11.2. The van der Waals surface area contributed by atoms with Gasteiger partial charge in [-0.3, -0.25) is 4.57 Å². The summed E-state index contributed by atoms with van der Waals surface area (Å²) in [7, 11) is 0. The monoisotopic (exact) mass is 685 g/mol. The summed E-state index contributed by atoms with van der Waals surface area (Å²) in [5.41, 5.74) is 8.49. The molecule has 0 saturated heterocycles. The summed E-state index contributed by atoms with van der Waals surface area (Å²) in [6.07, 6.45) is 0. The van der Waals surface area contributed by atoms with Crippen LogP contribution in [0.25, 0.3) is 102 Å². The first-order chi connectivity index (χ1) is 25.2. The van der Waals surface area contributed by atoms with Crippen LogP contribution < -0.4 is 0 Å². The van der Waals surface area contributed by atoms with E-state index in [4.69, 9.17) is 9.97 Å². The number of rotatable bonds is 4. The molecule has 0 spiro atoms. The van der Waals surface area contributed by atoms with Crippen molar-refractivity contribution in [1.29, 1.82) is 0 Å². The van der Waals surface area contributed by atoms with Crippen molar-refractivity contribution in [2.45, 2.75) is 0 Å². The first kappa shape index (κ1) is 28.7. The topological polar surface area (TPSA) is 30.7 Å². The van der Waals surface area contributed by atoms with Gasteiger partial charge in [0.1, 0.15) is 0 Å². The molecule has 0 atom stereocenters. The fraction of sp³-hybridized carbons (Fsp3) is 0. The Hall–Kier alpha value is -6.14. The molecule has 0 amide bonds. The molecule has 0 bridgehead atoms. The first-order valence-electron chi connectivity index (χ1n) is 17.1. The van der Waals surface area contributed by atoms with E-state index in [-0.39, 0.29) is 0 Å². The van der Waals surface area contributed by atoms with Gasteiger partial charge in [-0.15, -0.1) is 22.7 Å². The van der Waals surface area contributed by atoms with Crippen LogP contribution in [0.1, 0.15) is 0 Å². The summed E-state index contributed by atoms with van der Waals surface area (Å²) >= 11 is 3.68. The summed E-state index contributed by atoms with van der Waals surface area (Å²) < 4.78 is 7.40. The van der Waals surface area contributed by atoms with Crippen LogP contribution in [0.2, 0.25) is 0 Å². The van der Waals surface area contributed by atoms with Crippen LogP contribution in [0, 0.1) is 0 Å². The van der Waals surface area contributed by atoms with E-state index in [1.165, 1.54) is 62.2 Å². The molecule has 11 rings (SSSR count). The van der Waals surface area contributed by atoms with E-state index in [1.54, 1.807) is 0 Å². The van der Waals surface area contributed by atoms with Crippen LogP contribution in [0.5, 0.6) is 0 Å². The van der Waals surface area contributed by atoms with Gasteiger partial charge in [-0.1, -0.05) is 121 Å². The SMILES string of the molecule is c1ccc(-c2ccc(-c3cc(-c4ccc5c(c4)sc4ccccc45)nc(-n4c5ccccc5c5cc6sc7ccccc7c6cc54)n3)cc2)cc1. The molecule has 0 unspecified atom stereocenters. The number of nitrogens with zero attached hydrogens (tertiary/aromatic N) is 3. The lowest BCUT2D eigenvalue weighted by atomic mass is 10.0. The summed E-state index contributed by atoms with van der Waals surface area (Å²) in [6, 6.07) is 58.8. The lowest BCUT2D eigenvalue weighted by Gasteiger charge is -2.12. The fourth-order valence-corrected chi connectivity index (χ4v) is 9.85. The van der Waals surface area contributed by atoms with Gasteiger partial charge >= 0.3 is 0 Å². The number of aromatic nitrogens is 3. The van der Waals surface area contributed by atoms with Crippen molar-refractivity contribution in [3.63, 3.8) is 0 Å².